The molecule has 7 heteroatoms. The van der Waals surface area contributed by atoms with Crippen molar-refractivity contribution >= 4 is 22.7 Å². The highest BCUT2D eigenvalue weighted by Crippen LogP contribution is 2.22. The third-order valence-corrected chi connectivity index (χ3v) is 3.99. The molecule has 0 spiro atoms. The molecule has 0 fully saturated rings. The van der Waals surface area contributed by atoms with Crippen molar-refractivity contribution in [3.05, 3.63) is 71.4 Å². The molecule has 5 nitrogen and oxygen atoms in total. The SMILES string of the molecule is N#CCCn1cc(C(=O)COC(=O)c2cc(F)cc(F)c2)c2ccccc21. The Kier molecular flexibility index (Phi) is 5.27. The standard InChI is InChI=1S/C20H14F2N2O3/c21-14-8-13(9-15(22)10-14)20(26)27-12-19(25)17-11-24(7-3-6-23)18-5-2-1-4-16(17)18/h1-2,4-5,8-11H,3,7,12H2. The average molecular weight is 368 g/mol. The number of ketones is 1. The van der Waals surface area contributed by atoms with E-state index in [4.69, 9.17) is 10.00 Å². The van der Waals surface area contributed by atoms with Gasteiger partial charge >= 0.3 is 5.97 Å². The molecule has 0 N–H and O–H groups in total. The molecule has 0 saturated carbocycles. The Bertz CT molecular complexity index is 1050. The van der Waals surface area contributed by atoms with Crippen LogP contribution in [0.4, 0.5) is 8.78 Å². The van der Waals surface area contributed by atoms with Crippen LogP contribution in [0.1, 0.15) is 27.1 Å². The molecule has 1 heterocycles. The molecule has 136 valence electrons. The summed E-state index contributed by atoms with van der Waals surface area (Å²) in [6, 6.07) is 11.5. The fraction of sp³-hybridized carbons (Fsp3) is 0.150. The number of carbonyl (C=O) groups is 2. The first kappa shape index (κ1) is 18.3. The van der Waals surface area contributed by atoms with Crippen molar-refractivity contribution in [2.24, 2.45) is 0 Å². The summed E-state index contributed by atoms with van der Waals surface area (Å²) in [6.07, 6.45) is 1.90. The summed E-state index contributed by atoms with van der Waals surface area (Å²) < 4.78 is 33.1. The Labute approximate surface area is 153 Å². The van der Waals surface area contributed by atoms with Crippen LogP contribution in [0.15, 0.2) is 48.7 Å². The average Bonchev–Trinajstić information content (AvgIpc) is 3.02. The van der Waals surface area contributed by atoms with E-state index in [1.807, 2.05) is 12.1 Å². The zero-order valence-corrected chi connectivity index (χ0v) is 14.1. The molecule has 27 heavy (non-hydrogen) atoms. The van der Waals surface area contributed by atoms with E-state index in [-0.39, 0.29) is 12.0 Å². The summed E-state index contributed by atoms with van der Waals surface area (Å²) >= 11 is 0. The molecule has 0 aliphatic rings. The molecule has 0 unspecified atom stereocenters. The van der Waals surface area contributed by atoms with Gasteiger partial charge in [-0.15, -0.1) is 0 Å². The molecule has 0 amide bonds. The summed E-state index contributed by atoms with van der Waals surface area (Å²) in [4.78, 5) is 24.5. The van der Waals surface area contributed by atoms with Gasteiger partial charge in [0.05, 0.1) is 18.1 Å². The van der Waals surface area contributed by atoms with Crippen LogP contribution in [0.5, 0.6) is 0 Å². The van der Waals surface area contributed by atoms with Gasteiger partial charge in [-0.25, -0.2) is 13.6 Å². The molecule has 2 aromatic carbocycles. The number of halogens is 2. The van der Waals surface area contributed by atoms with Gasteiger partial charge in [0.2, 0.25) is 5.78 Å². The van der Waals surface area contributed by atoms with E-state index in [1.165, 1.54) is 0 Å². The number of nitrogens with zero attached hydrogens (tertiary/aromatic N) is 2. The number of benzene rings is 2. The number of hydrogen-bond donors (Lipinski definition) is 0. The van der Waals surface area contributed by atoms with Crippen LogP contribution in [0, 0.1) is 23.0 Å². The van der Waals surface area contributed by atoms with Crippen LogP contribution in [0.3, 0.4) is 0 Å². The number of aromatic nitrogens is 1. The number of Topliss-reactive ketones (excluding diaryl/α,β-unsaturated/α-hetero) is 1. The summed E-state index contributed by atoms with van der Waals surface area (Å²) in [5, 5.41) is 9.44. The minimum Gasteiger partial charge on any atom is -0.454 e. The second kappa shape index (κ2) is 7.79. The fourth-order valence-electron chi connectivity index (χ4n) is 2.79. The maximum atomic E-state index is 13.2. The van der Waals surface area contributed by atoms with Crippen molar-refractivity contribution in [1.82, 2.24) is 4.57 Å². The molecule has 0 aliphatic carbocycles. The zero-order chi connectivity index (χ0) is 19.4. The Morgan fingerprint density at radius 3 is 2.52 bits per heavy atom. The second-order valence-corrected chi connectivity index (χ2v) is 5.82. The Morgan fingerprint density at radius 1 is 1.11 bits per heavy atom. The first-order valence-electron chi connectivity index (χ1n) is 8.11. The van der Waals surface area contributed by atoms with Gasteiger partial charge in [-0.05, 0) is 18.2 Å². The Morgan fingerprint density at radius 2 is 1.81 bits per heavy atom. The van der Waals surface area contributed by atoms with Crippen molar-refractivity contribution < 1.29 is 23.1 Å². The van der Waals surface area contributed by atoms with Gasteiger partial charge in [0.1, 0.15) is 11.6 Å². The third kappa shape index (κ3) is 4.01. The fourth-order valence-corrected chi connectivity index (χ4v) is 2.79. The normalized spacial score (nSPS) is 10.6. The van der Waals surface area contributed by atoms with Gasteiger partial charge in [-0.1, -0.05) is 18.2 Å². The van der Waals surface area contributed by atoms with Gasteiger partial charge in [-0.3, -0.25) is 4.79 Å². The number of carbonyl (C=O) groups excluding carboxylic acids is 2. The topological polar surface area (TPSA) is 72.1 Å². The van der Waals surface area contributed by atoms with E-state index in [0.717, 1.165) is 17.6 Å². The molecule has 0 bridgehead atoms. The van der Waals surface area contributed by atoms with E-state index in [9.17, 15) is 18.4 Å². The number of nitriles is 1. The molecule has 1 aromatic heterocycles. The molecule has 0 saturated heterocycles. The van der Waals surface area contributed by atoms with E-state index in [0.29, 0.717) is 23.6 Å². The molecule has 3 rings (SSSR count). The molecule has 0 radical (unpaired) electrons. The van der Waals surface area contributed by atoms with Crippen LogP contribution in [-0.4, -0.2) is 22.9 Å². The van der Waals surface area contributed by atoms with Gasteiger partial charge in [0.15, 0.2) is 6.61 Å². The number of esters is 1. The molecule has 0 aliphatic heterocycles. The largest absolute Gasteiger partial charge is 0.454 e. The third-order valence-electron chi connectivity index (χ3n) is 3.99. The maximum Gasteiger partial charge on any atom is 0.338 e. The van der Waals surface area contributed by atoms with Crippen molar-refractivity contribution in [3.63, 3.8) is 0 Å². The van der Waals surface area contributed by atoms with E-state index >= 15 is 0 Å². The summed E-state index contributed by atoms with van der Waals surface area (Å²) in [5.41, 5.74) is 0.827. The van der Waals surface area contributed by atoms with Crippen molar-refractivity contribution in [3.8, 4) is 6.07 Å². The highest BCUT2D eigenvalue weighted by Gasteiger charge is 2.18. The molecular formula is C20H14F2N2O3. The first-order chi connectivity index (χ1) is 13.0. The van der Waals surface area contributed by atoms with Crippen LogP contribution < -0.4 is 0 Å². The number of fused-ring (bicyclic) bond motifs is 1. The highest BCUT2D eigenvalue weighted by molar-refractivity contribution is 6.09. The predicted molar refractivity (Wildman–Crippen MR) is 93.1 cm³/mol. The minimum atomic E-state index is -0.991. The van der Waals surface area contributed by atoms with Crippen molar-refractivity contribution in [2.75, 3.05) is 6.61 Å². The van der Waals surface area contributed by atoms with Gasteiger partial charge in [-0.2, -0.15) is 5.26 Å². The van der Waals surface area contributed by atoms with Crippen LogP contribution >= 0.6 is 0 Å². The van der Waals surface area contributed by atoms with E-state index in [2.05, 4.69) is 6.07 Å². The van der Waals surface area contributed by atoms with Crippen molar-refractivity contribution in [2.45, 2.75) is 13.0 Å². The summed E-state index contributed by atoms with van der Waals surface area (Å²) in [7, 11) is 0. The number of hydrogen-bond acceptors (Lipinski definition) is 4. The number of rotatable bonds is 6. The number of para-hydroxylation sites is 1. The lowest BCUT2D eigenvalue weighted by molar-refractivity contribution is 0.0474. The Hall–Kier alpha value is -3.53. The number of aryl methyl sites for hydroxylation is 1. The smallest absolute Gasteiger partial charge is 0.338 e. The Balaban J connectivity index is 1.78. The lowest BCUT2D eigenvalue weighted by atomic mass is 10.1. The van der Waals surface area contributed by atoms with E-state index < -0.39 is 30.0 Å². The maximum absolute atomic E-state index is 13.2. The molecular weight excluding hydrogens is 354 g/mol. The minimum absolute atomic E-state index is 0.284. The molecule has 3 aromatic rings. The highest BCUT2D eigenvalue weighted by atomic mass is 19.1. The van der Waals surface area contributed by atoms with Gasteiger partial charge in [0.25, 0.3) is 0 Å². The van der Waals surface area contributed by atoms with Crippen LogP contribution in [-0.2, 0) is 11.3 Å². The first-order valence-corrected chi connectivity index (χ1v) is 8.11. The summed E-state index contributed by atoms with van der Waals surface area (Å²) in [5.74, 6) is -3.26. The quantitative estimate of drug-likeness (QED) is 0.489. The lowest BCUT2D eigenvalue weighted by Gasteiger charge is -2.04. The lowest BCUT2D eigenvalue weighted by Crippen LogP contribution is -2.14. The van der Waals surface area contributed by atoms with Gasteiger partial charge in [0, 0.05) is 35.3 Å². The monoisotopic (exact) mass is 368 g/mol. The second-order valence-electron chi connectivity index (χ2n) is 5.82. The molecule has 0 atom stereocenters. The van der Waals surface area contributed by atoms with Crippen LogP contribution in [0.2, 0.25) is 0 Å². The summed E-state index contributed by atoms with van der Waals surface area (Å²) in [6.45, 7) is -0.143. The zero-order valence-electron chi connectivity index (χ0n) is 14.1. The van der Waals surface area contributed by atoms with Crippen LogP contribution in [0.25, 0.3) is 10.9 Å². The van der Waals surface area contributed by atoms with Crippen molar-refractivity contribution in [1.29, 1.82) is 5.26 Å². The number of ether oxygens (including phenoxy) is 1. The van der Waals surface area contributed by atoms with E-state index in [1.54, 1.807) is 22.9 Å². The van der Waals surface area contributed by atoms with Gasteiger partial charge < -0.3 is 9.30 Å². The predicted octanol–water partition coefficient (Wildman–Crippen LogP) is 3.87.